The summed E-state index contributed by atoms with van der Waals surface area (Å²) >= 11 is 0. The number of carboxylic acid groups (broad SMARTS) is 1. The van der Waals surface area contributed by atoms with Crippen LogP contribution in [-0.2, 0) is 4.79 Å². The van der Waals surface area contributed by atoms with E-state index in [-0.39, 0.29) is 12.1 Å². The molecule has 0 bridgehead atoms. The summed E-state index contributed by atoms with van der Waals surface area (Å²) in [5, 5.41) is 9.50. The minimum atomic E-state index is -0.719. The predicted molar refractivity (Wildman–Crippen MR) is 83.2 cm³/mol. The van der Waals surface area contributed by atoms with E-state index in [1.807, 2.05) is 20.8 Å². The van der Waals surface area contributed by atoms with Gasteiger partial charge in [0.05, 0.1) is 5.41 Å². The zero-order chi connectivity index (χ0) is 16.0. The van der Waals surface area contributed by atoms with E-state index in [9.17, 15) is 14.7 Å². The predicted octanol–water partition coefficient (Wildman–Crippen LogP) is 2.97. The van der Waals surface area contributed by atoms with Crippen LogP contribution in [0.3, 0.4) is 0 Å². The first-order valence-corrected chi connectivity index (χ1v) is 7.77. The van der Waals surface area contributed by atoms with E-state index in [0.29, 0.717) is 38.9 Å². The van der Waals surface area contributed by atoms with Crippen LogP contribution in [0.2, 0.25) is 0 Å². The lowest BCUT2D eigenvalue weighted by molar-refractivity contribution is -0.152. The third-order valence-corrected chi connectivity index (χ3v) is 4.37. The largest absolute Gasteiger partial charge is 0.481 e. The smallest absolute Gasteiger partial charge is 0.320 e. The molecule has 0 aromatic rings. The van der Waals surface area contributed by atoms with Crippen LogP contribution in [0.5, 0.6) is 0 Å². The highest BCUT2D eigenvalue weighted by atomic mass is 16.4. The van der Waals surface area contributed by atoms with Gasteiger partial charge in [0.25, 0.3) is 0 Å². The zero-order valence-corrected chi connectivity index (χ0v) is 13.5. The minimum Gasteiger partial charge on any atom is -0.481 e. The lowest BCUT2D eigenvalue weighted by Crippen LogP contribution is -2.52. The molecule has 1 rings (SSSR count). The molecule has 5 heteroatoms. The normalized spacial score (nSPS) is 17.6. The SMILES string of the molecule is C=CCN(C(=O)N1CCC(CCC)(C(=O)O)CC1)C(C)C. The van der Waals surface area contributed by atoms with E-state index < -0.39 is 11.4 Å². The molecular weight excluding hydrogens is 268 g/mol. The highest BCUT2D eigenvalue weighted by Gasteiger charge is 2.42. The minimum absolute atomic E-state index is 0.0135. The fourth-order valence-electron chi connectivity index (χ4n) is 3.01. The van der Waals surface area contributed by atoms with E-state index in [4.69, 9.17) is 0 Å². The van der Waals surface area contributed by atoms with Gasteiger partial charge in [0.2, 0.25) is 0 Å². The van der Waals surface area contributed by atoms with Gasteiger partial charge < -0.3 is 14.9 Å². The highest BCUT2D eigenvalue weighted by Crippen LogP contribution is 2.36. The number of hydrogen-bond donors (Lipinski definition) is 1. The molecule has 1 aliphatic heterocycles. The number of hydrogen-bond acceptors (Lipinski definition) is 2. The number of carbonyl (C=O) groups is 2. The van der Waals surface area contributed by atoms with Gasteiger partial charge >= 0.3 is 12.0 Å². The average Bonchev–Trinajstić information content (AvgIpc) is 2.44. The van der Waals surface area contributed by atoms with Crippen molar-refractivity contribution in [1.82, 2.24) is 9.80 Å². The van der Waals surface area contributed by atoms with Crippen LogP contribution >= 0.6 is 0 Å². The number of amides is 2. The second-order valence-corrected chi connectivity index (χ2v) is 6.14. The molecule has 1 fully saturated rings. The van der Waals surface area contributed by atoms with Crippen molar-refractivity contribution in [2.24, 2.45) is 5.41 Å². The first-order valence-electron chi connectivity index (χ1n) is 7.77. The fraction of sp³-hybridized carbons (Fsp3) is 0.750. The number of aliphatic carboxylic acids is 1. The maximum atomic E-state index is 12.5. The molecule has 1 N–H and O–H groups in total. The van der Waals surface area contributed by atoms with Gasteiger partial charge in [-0.15, -0.1) is 6.58 Å². The number of urea groups is 1. The van der Waals surface area contributed by atoms with E-state index in [0.717, 1.165) is 6.42 Å². The fourth-order valence-corrected chi connectivity index (χ4v) is 3.01. The highest BCUT2D eigenvalue weighted by molar-refractivity contribution is 5.77. The van der Waals surface area contributed by atoms with Gasteiger partial charge in [0.15, 0.2) is 0 Å². The lowest BCUT2D eigenvalue weighted by Gasteiger charge is -2.41. The van der Waals surface area contributed by atoms with Crippen LogP contribution < -0.4 is 0 Å². The second-order valence-electron chi connectivity index (χ2n) is 6.14. The molecule has 1 heterocycles. The van der Waals surface area contributed by atoms with Crippen molar-refractivity contribution in [2.45, 2.75) is 52.5 Å². The van der Waals surface area contributed by atoms with Gasteiger partial charge in [-0.2, -0.15) is 0 Å². The van der Waals surface area contributed by atoms with Crippen LogP contribution in [0.15, 0.2) is 12.7 Å². The van der Waals surface area contributed by atoms with Crippen LogP contribution in [0.1, 0.15) is 46.5 Å². The van der Waals surface area contributed by atoms with Crippen molar-refractivity contribution < 1.29 is 14.7 Å². The van der Waals surface area contributed by atoms with Crippen molar-refractivity contribution in [3.8, 4) is 0 Å². The van der Waals surface area contributed by atoms with Gasteiger partial charge in [-0.3, -0.25) is 4.79 Å². The van der Waals surface area contributed by atoms with Gasteiger partial charge in [-0.25, -0.2) is 4.79 Å². The van der Waals surface area contributed by atoms with Gasteiger partial charge in [-0.1, -0.05) is 19.4 Å². The summed E-state index contributed by atoms with van der Waals surface area (Å²) in [5.41, 5.74) is -0.646. The Hall–Kier alpha value is -1.52. The molecule has 21 heavy (non-hydrogen) atoms. The Bertz CT molecular complexity index is 385. The summed E-state index contributed by atoms with van der Waals surface area (Å²) in [5.74, 6) is -0.719. The van der Waals surface area contributed by atoms with Crippen molar-refractivity contribution in [3.63, 3.8) is 0 Å². The Morgan fingerprint density at radius 2 is 1.95 bits per heavy atom. The van der Waals surface area contributed by atoms with Crippen LogP contribution in [0, 0.1) is 5.41 Å². The van der Waals surface area contributed by atoms with Crippen molar-refractivity contribution >= 4 is 12.0 Å². The number of carbonyl (C=O) groups excluding carboxylic acids is 1. The Balaban J connectivity index is 2.72. The topological polar surface area (TPSA) is 60.9 Å². The van der Waals surface area contributed by atoms with Crippen molar-refractivity contribution in [1.29, 1.82) is 0 Å². The quantitative estimate of drug-likeness (QED) is 0.767. The Morgan fingerprint density at radius 1 is 1.38 bits per heavy atom. The molecule has 0 spiro atoms. The molecule has 0 aliphatic carbocycles. The first kappa shape index (κ1) is 17.5. The maximum Gasteiger partial charge on any atom is 0.320 e. The second kappa shape index (κ2) is 7.48. The van der Waals surface area contributed by atoms with Gasteiger partial charge in [0, 0.05) is 25.7 Å². The average molecular weight is 296 g/mol. The molecule has 0 saturated carbocycles. The molecule has 120 valence electrons. The molecule has 5 nitrogen and oxygen atoms in total. The van der Waals surface area contributed by atoms with E-state index in [1.54, 1.807) is 15.9 Å². The number of likely N-dealkylation sites (tertiary alicyclic amines) is 1. The van der Waals surface area contributed by atoms with Gasteiger partial charge in [-0.05, 0) is 33.1 Å². The molecule has 0 radical (unpaired) electrons. The molecule has 0 atom stereocenters. The van der Waals surface area contributed by atoms with E-state index >= 15 is 0 Å². The number of rotatable bonds is 6. The number of nitrogens with zero attached hydrogens (tertiary/aromatic N) is 2. The maximum absolute atomic E-state index is 12.5. The molecule has 0 aromatic carbocycles. The first-order chi connectivity index (χ1) is 9.88. The van der Waals surface area contributed by atoms with Crippen molar-refractivity contribution in [3.05, 3.63) is 12.7 Å². The molecule has 0 aromatic heterocycles. The third kappa shape index (κ3) is 3.99. The standard InChI is InChI=1S/C16H28N2O3/c1-5-7-16(14(19)20)8-11-17(12-9-16)15(21)18(10-6-2)13(3)4/h6,13H,2,5,7-12H2,1,3-4H3,(H,19,20). The molecule has 2 amide bonds. The summed E-state index contributed by atoms with van der Waals surface area (Å²) in [7, 11) is 0. The van der Waals surface area contributed by atoms with Crippen LogP contribution in [-0.4, -0.2) is 52.6 Å². The Morgan fingerprint density at radius 3 is 2.33 bits per heavy atom. The summed E-state index contributed by atoms with van der Waals surface area (Å²) < 4.78 is 0. The summed E-state index contributed by atoms with van der Waals surface area (Å²) in [6.07, 6.45) is 4.35. The molecule has 0 unspecified atom stereocenters. The molecule has 1 saturated heterocycles. The van der Waals surface area contributed by atoms with Gasteiger partial charge in [0.1, 0.15) is 0 Å². The Labute approximate surface area is 127 Å². The number of carboxylic acids is 1. The third-order valence-electron chi connectivity index (χ3n) is 4.37. The number of piperidine rings is 1. The summed E-state index contributed by atoms with van der Waals surface area (Å²) in [4.78, 5) is 27.6. The summed E-state index contributed by atoms with van der Waals surface area (Å²) in [6.45, 7) is 11.2. The Kier molecular flexibility index (Phi) is 6.24. The zero-order valence-electron chi connectivity index (χ0n) is 13.5. The summed E-state index contributed by atoms with van der Waals surface area (Å²) in [6, 6.07) is 0.0951. The molecule has 1 aliphatic rings. The van der Waals surface area contributed by atoms with Crippen LogP contribution in [0.25, 0.3) is 0 Å². The monoisotopic (exact) mass is 296 g/mol. The molecular formula is C16H28N2O3. The van der Waals surface area contributed by atoms with Crippen molar-refractivity contribution in [2.75, 3.05) is 19.6 Å². The lowest BCUT2D eigenvalue weighted by atomic mass is 9.75. The van der Waals surface area contributed by atoms with E-state index in [2.05, 4.69) is 6.58 Å². The van der Waals surface area contributed by atoms with Crippen LogP contribution in [0.4, 0.5) is 4.79 Å². The van der Waals surface area contributed by atoms with E-state index in [1.165, 1.54) is 0 Å².